The molecular weight excluding hydrogens is 141 g/mol. The van der Waals surface area contributed by atoms with E-state index in [2.05, 4.69) is 0 Å². The van der Waals surface area contributed by atoms with Gasteiger partial charge >= 0.3 is 12.1 Å². The molecule has 0 fully saturated rings. The van der Waals surface area contributed by atoms with Crippen molar-refractivity contribution in [1.29, 1.82) is 0 Å². The largest absolute Gasteiger partial charge is 0.490 e. The number of halogens is 3. The third kappa shape index (κ3) is 7.18. The van der Waals surface area contributed by atoms with Crippen LogP contribution < -0.4 is 12.3 Å². The first-order valence-corrected chi connectivity index (χ1v) is 1.24. The molecule has 0 unspecified atom stereocenters. The molecule has 58 valence electrons. The molecule has 0 saturated heterocycles. The highest BCUT2D eigenvalue weighted by Gasteiger charge is 2.38. The van der Waals surface area contributed by atoms with Crippen LogP contribution in [0.4, 0.5) is 13.2 Å². The minimum Gasteiger partial charge on any atom is -0.475 e. The van der Waals surface area contributed by atoms with Crippen LogP contribution in [0.2, 0.25) is 0 Å². The Bertz CT molecular complexity index is 90.3. The maximum Gasteiger partial charge on any atom is 0.490 e. The predicted molar refractivity (Wildman–Crippen MR) is 23.7 cm³/mol. The van der Waals surface area contributed by atoms with E-state index in [1.54, 1.807) is 0 Å². The summed E-state index contributed by atoms with van der Waals surface area (Å²) in [7, 11) is 0. The number of carbonyl (C=O) groups is 1. The molecular formula is C2H7F3N2O2. The smallest absolute Gasteiger partial charge is 0.475 e. The number of hydrogen-bond donors (Lipinski definition) is 3. The Kier molecular flexibility index (Phi) is 7.16. The molecule has 0 saturated carbocycles. The van der Waals surface area contributed by atoms with Gasteiger partial charge < -0.3 is 17.4 Å². The number of carboxylic acids is 1. The van der Waals surface area contributed by atoms with E-state index in [4.69, 9.17) is 9.90 Å². The lowest BCUT2D eigenvalue weighted by atomic mass is 10.7. The van der Waals surface area contributed by atoms with Crippen LogP contribution in [-0.2, 0) is 4.79 Å². The van der Waals surface area contributed by atoms with Crippen LogP contribution in [0.1, 0.15) is 0 Å². The Balaban J connectivity index is -0.000000180. The van der Waals surface area contributed by atoms with E-state index < -0.39 is 12.1 Å². The Labute approximate surface area is 48.8 Å². The molecule has 4 nitrogen and oxygen atoms in total. The maximum atomic E-state index is 10.6. The zero-order valence-corrected chi connectivity index (χ0v) is 4.40. The summed E-state index contributed by atoms with van der Waals surface area (Å²) < 4.78 is 31.7. The Hall–Kier alpha value is -0.820. The van der Waals surface area contributed by atoms with E-state index in [0.717, 1.165) is 0 Å². The van der Waals surface area contributed by atoms with Gasteiger partial charge in [0.05, 0.1) is 0 Å². The fraction of sp³-hybridized carbons (Fsp3) is 0.500. The van der Waals surface area contributed by atoms with E-state index in [0.29, 0.717) is 0 Å². The minimum atomic E-state index is -5.08. The van der Waals surface area contributed by atoms with Crippen LogP contribution in [0, 0.1) is 0 Å². The van der Waals surface area contributed by atoms with Crippen molar-refractivity contribution in [2.24, 2.45) is 0 Å². The molecule has 0 aromatic rings. The maximum absolute atomic E-state index is 10.6. The lowest BCUT2D eigenvalue weighted by Gasteiger charge is -1.93. The second-order valence-corrected chi connectivity index (χ2v) is 0.803. The first-order chi connectivity index (χ1) is 2.94. The summed E-state index contributed by atoms with van der Waals surface area (Å²) >= 11 is 0. The van der Waals surface area contributed by atoms with Crippen LogP contribution in [0.5, 0.6) is 0 Å². The second kappa shape index (κ2) is 4.10. The van der Waals surface area contributed by atoms with Crippen LogP contribution in [-0.4, -0.2) is 17.3 Å². The van der Waals surface area contributed by atoms with Gasteiger partial charge in [-0.05, 0) is 0 Å². The first-order valence-electron chi connectivity index (χ1n) is 1.24. The van der Waals surface area contributed by atoms with Gasteiger partial charge in [0.15, 0.2) is 0 Å². The molecule has 0 aliphatic carbocycles. The second-order valence-electron chi connectivity index (χ2n) is 0.803. The highest BCUT2D eigenvalue weighted by atomic mass is 19.4. The van der Waals surface area contributed by atoms with Crippen LogP contribution in [0.15, 0.2) is 0 Å². The Morgan fingerprint density at radius 2 is 1.33 bits per heavy atom. The quantitative estimate of drug-likeness (QED) is 0.475. The molecule has 0 heterocycles. The molecule has 0 aliphatic heterocycles. The SMILES string of the molecule is N.N.O=C(O)C(F)(F)F. The van der Waals surface area contributed by atoms with Gasteiger partial charge in [-0.25, -0.2) is 4.79 Å². The molecule has 9 heavy (non-hydrogen) atoms. The predicted octanol–water partition coefficient (Wildman–Crippen LogP) is 0.957. The van der Waals surface area contributed by atoms with Gasteiger partial charge in [-0.15, -0.1) is 0 Å². The van der Waals surface area contributed by atoms with E-state index in [9.17, 15) is 13.2 Å². The standard InChI is InChI=1S/C2HF3O2.2H3N/c3-2(4,5)1(6)7;;/h(H,6,7);2*1H3. The van der Waals surface area contributed by atoms with Crippen molar-refractivity contribution < 1.29 is 23.1 Å². The normalized spacial score (nSPS) is 8.78. The van der Waals surface area contributed by atoms with E-state index in [1.807, 2.05) is 0 Å². The summed E-state index contributed by atoms with van der Waals surface area (Å²) in [6.07, 6.45) is -5.08. The number of carboxylic acid groups (broad SMARTS) is 1. The molecule has 0 bridgehead atoms. The summed E-state index contributed by atoms with van der Waals surface area (Å²) in [5, 5.41) is 7.12. The van der Waals surface area contributed by atoms with Crippen molar-refractivity contribution in [2.75, 3.05) is 0 Å². The summed E-state index contributed by atoms with van der Waals surface area (Å²) in [6, 6.07) is 0. The molecule has 0 radical (unpaired) electrons. The highest BCUT2D eigenvalue weighted by molar-refractivity contribution is 5.73. The Morgan fingerprint density at radius 3 is 1.33 bits per heavy atom. The molecule has 0 atom stereocenters. The van der Waals surface area contributed by atoms with Crippen LogP contribution in [0.25, 0.3) is 0 Å². The average Bonchev–Trinajstić information content (AvgIpc) is 1.31. The molecule has 7 heteroatoms. The fourth-order valence-electron chi connectivity index (χ4n) is 0. The van der Waals surface area contributed by atoms with Gasteiger partial charge in [-0.3, -0.25) is 0 Å². The fourth-order valence-corrected chi connectivity index (χ4v) is 0. The zero-order chi connectivity index (χ0) is 6.08. The van der Waals surface area contributed by atoms with Gasteiger partial charge in [-0.1, -0.05) is 0 Å². The molecule has 7 N–H and O–H groups in total. The molecule has 0 aromatic carbocycles. The summed E-state index contributed by atoms with van der Waals surface area (Å²) in [6.45, 7) is 0. The highest BCUT2D eigenvalue weighted by Crippen LogP contribution is 2.13. The summed E-state index contributed by atoms with van der Waals surface area (Å²) in [5.41, 5.74) is 0. The van der Waals surface area contributed by atoms with E-state index in [1.165, 1.54) is 0 Å². The number of alkyl halides is 3. The molecule has 0 aromatic heterocycles. The molecule has 0 amide bonds. The lowest BCUT2D eigenvalue weighted by Crippen LogP contribution is -2.21. The van der Waals surface area contributed by atoms with Gasteiger partial charge in [0.25, 0.3) is 0 Å². The molecule has 0 rings (SSSR count). The van der Waals surface area contributed by atoms with Crippen molar-refractivity contribution in [3.8, 4) is 0 Å². The van der Waals surface area contributed by atoms with Gasteiger partial charge in [-0.2, -0.15) is 13.2 Å². The van der Waals surface area contributed by atoms with Crippen molar-refractivity contribution in [3.05, 3.63) is 0 Å². The van der Waals surface area contributed by atoms with Gasteiger partial charge in [0.2, 0.25) is 0 Å². The van der Waals surface area contributed by atoms with Gasteiger partial charge in [0, 0.05) is 0 Å². The van der Waals surface area contributed by atoms with Crippen molar-refractivity contribution in [1.82, 2.24) is 12.3 Å². The van der Waals surface area contributed by atoms with Crippen LogP contribution >= 0.6 is 0 Å². The number of rotatable bonds is 0. The third-order valence-electron chi connectivity index (χ3n) is 0.243. The van der Waals surface area contributed by atoms with Crippen molar-refractivity contribution in [2.45, 2.75) is 6.18 Å². The average molecular weight is 148 g/mol. The monoisotopic (exact) mass is 148 g/mol. The Morgan fingerprint density at radius 1 is 1.22 bits per heavy atom. The summed E-state index contributed by atoms with van der Waals surface area (Å²) in [5.74, 6) is -2.76. The van der Waals surface area contributed by atoms with Crippen LogP contribution in [0.3, 0.4) is 0 Å². The molecule has 0 spiro atoms. The van der Waals surface area contributed by atoms with E-state index >= 15 is 0 Å². The summed E-state index contributed by atoms with van der Waals surface area (Å²) in [4.78, 5) is 8.90. The van der Waals surface area contributed by atoms with Crippen molar-refractivity contribution in [3.63, 3.8) is 0 Å². The lowest BCUT2D eigenvalue weighted by molar-refractivity contribution is -0.192. The topological polar surface area (TPSA) is 107 Å². The number of aliphatic carboxylic acids is 1. The van der Waals surface area contributed by atoms with Gasteiger partial charge in [0.1, 0.15) is 0 Å². The minimum absolute atomic E-state index is 0. The third-order valence-corrected chi connectivity index (χ3v) is 0.243. The number of hydrogen-bond acceptors (Lipinski definition) is 3. The van der Waals surface area contributed by atoms with E-state index in [-0.39, 0.29) is 12.3 Å². The molecule has 0 aliphatic rings. The van der Waals surface area contributed by atoms with Crippen molar-refractivity contribution >= 4 is 5.97 Å². The zero-order valence-electron chi connectivity index (χ0n) is 4.40. The first kappa shape index (κ1) is 15.7.